The number of carbonyl (C=O) groups excluding carboxylic acids is 1. The van der Waals surface area contributed by atoms with Gasteiger partial charge in [-0.05, 0) is 12.5 Å². The number of rotatable bonds is 7. The van der Waals surface area contributed by atoms with Crippen LogP contribution >= 0.6 is 34.8 Å². The first-order valence-electron chi connectivity index (χ1n) is 10.8. The number of amides is 2. The molecule has 1 atom stereocenters. The van der Waals surface area contributed by atoms with Gasteiger partial charge in [0.05, 0.1) is 35.0 Å². The van der Waals surface area contributed by atoms with E-state index >= 15 is 4.39 Å². The Morgan fingerprint density at radius 1 is 1.22 bits per heavy atom. The van der Waals surface area contributed by atoms with Crippen molar-refractivity contribution in [3.8, 4) is 28.3 Å². The van der Waals surface area contributed by atoms with E-state index in [0.717, 1.165) is 4.90 Å². The van der Waals surface area contributed by atoms with Crippen molar-refractivity contribution in [2.24, 2.45) is 0 Å². The Morgan fingerprint density at radius 3 is 2.61 bits per heavy atom. The van der Waals surface area contributed by atoms with Crippen molar-refractivity contribution in [1.29, 1.82) is 0 Å². The Balaban J connectivity index is 1.69. The van der Waals surface area contributed by atoms with Gasteiger partial charge in [-0.15, -0.1) is 0 Å². The molecular weight excluding hydrogens is 534 g/mol. The second kappa shape index (κ2) is 10.9. The lowest BCUT2D eigenvalue weighted by Crippen LogP contribution is -2.41. The highest BCUT2D eigenvalue weighted by Crippen LogP contribution is 2.41. The Morgan fingerprint density at radius 2 is 1.94 bits per heavy atom. The molecule has 36 heavy (non-hydrogen) atoms. The maximum atomic E-state index is 15.4. The van der Waals surface area contributed by atoms with Crippen LogP contribution in [0.1, 0.15) is 18.4 Å². The van der Waals surface area contributed by atoms with Crippen LogP contribution in [0.25, 0.3) is 22.4 Å². The first kappa shape index (κ1) is 25.9. The molecule has 0 spiro atoms. The van der Waals surface area contributed by atoms with Gasteiger partial charge < -0.3 is 20.1 Å². The van der Waals surface area contributed by atoms with Crippen LogP contribution in [0.3, 0.4) is 0 Å². The third-order valence-corrected chi connectivity index (χ3v) is 6.96. The zero-order valence-corrected chi connectivity index (χ0v) is 21.2. The molecule has 2 aromatic heterocycles. The summed E-state index contributed by atoms with van der Waals surface area (Å²) >= 11 is 19.0. The van der Waals surface area contributed by atoms with Crippen LogP contribution in [0, 0.1) is 5.82 Å². The summed E-state index contributed by atoms with van der Waals surface area (Å²) in [5, 5.41) is 13.0. The van der Waals surface area contributed by atoms with E-state index in [4.69, 9.17) is 39.5 Å². The fraction of sp³-hybridized carbons (Fsp3) is 0.250. The molecule has 0 radical (unpaired) electrons. The van der Waals surface area contributed by atoms with Gasteiger partial charge in [0.1, 0.15) is 11.0 Å². The zero-order valence-electron chi connectivity index (χ0n) is 18.9. The van der Waals surface area contributed by atoms with Gasteiger partial charge in [0.15, 0.2) is 0 Å². The van der Waals surface area contributed by atoms with Crippen molar-refractivity contribution in [3.63, 3.8) is 0 Å². The van der Waals surface area contributed by atoms with Crippen LogP contribution in [0.5, 0.6) is 5.88 Å². The number of halogens is 4. The molecule has 1 unspecified atom stereocenters. The first-order valence-corrected chi connectivity index (χ1v) is 11.9. The molecule has 4 rings (SSSR count). The minimum atomic E-state index is -1.26. The molecule has 0 aliphatic carbocycles. The summed E-state index contributed by atoms with van der Waals surface area (Å²) in [6.07, 6.45) is 1.06. The van der Waals surface area contributed by atoms with E-state index < -0.39 is 11.9 Å². The molecule has 1 aliphatic rings. The van der Waals surface area contributed by atoms with Gasteiger partial charge in [-0.3, -0.25) is 4.79 Å². The number of nitrogens with zero attached hydrogens (tertiary/aromatic N) is 3. The number of ether oxygens (including phenoxy) is 1. The summed E-state index contributed by atoms with van der Waals surface area (Å²) in [6.45, 7) is -0.308. The molecule has 2 amide bonds. The largest absolute Gasteiger partial charge is 0.481 e. The molecule has 1 aromatic carbocycles. The lowest BCUT2D eigenvalue weighted by atomic mass is 10.0. The van der Waals surface area contributed by atoms with Crippen molar-refractivity contribution in [1.82, 2.24) is 20.2 Å². The van der Waals surface area contributed by atoms with Crippen molar-refractivity contribution in [2.75, 3.05) is 13.7 Å². The van der Waals surface area contributed by atoms with E-state index in [1.807, 2.05) is 0 Å². The molecule has 188 valence electrons. The quantitative estimate of drug-likeness (QED) is 0.365. The van der Waals surface area contributed by atoms with E-state index in [1.165, 1.54) is 19.4 Å². The number of pyridine rings is 2. The van der Waals surface area contributed by atoms with Crippen LogP contribution in [0.4, 0.5) is 9.18 Å². The van der Waals surface area contributed by atoms with Crippen LogP contribution in [-0.4, -0.2) is 51.7 Å². The summed E-state index contributed by atoms with van der Waals surface area (Å²) in [7, 11) is 1.31. The third-order valence-electron chi connectivity index (χ3n) is 5.78. The Labute approximate surface area is 221 Å². The maximum absolute atomic E-state index is 15.4. The summed E-state index contributed by atoms with van der Waals surface area (Å²) in [5.74, 6) is -0.947. The number of methoxy groups -OCH3 is 1. The van der Waals surface area contributed by atoms with E-state index in [-0.39, 0.29) is 57.4 Å². The lowest BCUT2D eigenvalue weighted by Gasteiger charge is -2.24. The number of benzene rings is 1. The van der Waals surface area contributed by atoms with Gasteiger partial charge in [-0.2, -0.15) is 0 Å². The number of aromatic nitrogens is 2. The molecule has 3 heterocycles. The van der Waals surface area contributed by atoms with Gasteiger partial charge >= 0.3 is 6.09 Å². The third kappa shape index (κ3) is 5.33. The Bertz CT molecular complexity index is 1340. The number of carbonyl (C=O) groups is 2. The highest BCUT2D eigenvalue weighted by atomic mass is 35.5. The maximum Gasteiger partial charge on any atom is 0.407 e. The van der Waals surface area contributed by atoms with E-state index in [9.17, 15) is 14.7 Å². The van der Waals surface area contributed by atoms with E-state index in [2.05, 4.69) is 15.3 Å². The van der Waals surface area contributed by atoms with Crippen LogP contribution in [-0.2, 0) is 11.3 Å². The fourth-order valence-electron chi connectivity index (χ4n) is 4.01. The molecule has 1 saturated heterocycles. The van der Waals surface area contributed by atoms with Gasteiger partial charge in [0.25, 0.3) is 0 Å². The SMILES string of the molecule is COc1nc(-c2cccc(-c3ccnc(Cl)c3Cl)c2Cl)cc(F)c1CN(CC1CCC(=O)N1)C(=O)O. The molecule has 2 N–H and O–H groups in total. The van der Waals surface area contributed by atoms with Crippen molar-refractivity contribution < 1.29 is 23.8 Å². The fourth-order valence-corrected chi connectivity index (χ4v) is 4.71. The van der Waals surface area contributed by atoms with Crippen LogP contribution in [0.2, 0.25) is 15.2 Å². The van der Waals surface area contributed by atoms with E-state index in [1.54, 1.807) is 24.3 Å². The average Bonchev–Trinajstić information content (AvgIpc) is 3.26. The highest BCUT2D eigenvalue weighted by molar-refractivity contribution is 6.43. The monoisotopic (exact) mass is 552 g/mol. The number of carboxylic acid groups (broad SMARTS) is 1. The minimum absolute atomic E-state index is 0.00848. The smallest absolute Gasteiger partial charge is 0.407 e. The summed E-state index contributed by atoms with van der Waals surface area (Å²) in [5.41, 5.74) is 1.64. The predicted octanol–water partition coefficient (Wildman–Crippen LogP) is 5.68. The summed E-state index contributed by atoms with van der Waals surface area (Å²) < 4.78 is 20.7. The average molecular weight is 554 g/mol. The first-order chi connectivity index (χ1) is 17.2. The number of nitrogens with one attached hydrogen (secondary N) is 1. The normalized spacial score (nSPS) is 15.0. The van der Waals surface area contributed by atoms with Crippen molar-refractivity contribution in [2.45, 2.75) is 25.4 Å². The number of hydrogen-bond donors (Lipinski definition) is 2. The molecular formula is C24H20Cl3FN4O4. The molecule has 12 heteroatoms. The second-order valence-corrected chi connectivity index (χ2v) is 9.19. The standard InChI is InChI=1S/C24H20Cl3FN4O4/c1-36-23-16(11-32(24(34)35)10-12-5-6-19(33)30-12)17(28)9-18(31-23)15-4-2-3-13(20(15)25)14-7-8-29-22(27)21(14)26/h2-4,7-9,12H,5-6,10-11H2,1H3,(H,30,33)(H,34,35). The Hall–Kier alpha value is -3.14. The molecule has 1 aliphatic heterocycles. The van der Waals surface area contributed by atoms with Gasteiger partial charge in [-0.25, -0.2) is 19.2 Å². The molecule has 1 fully saturated rings. The lowest BCUT2D eigenvalue weighted by molar-refractivity contribution is -0.119. The highest BCUT2D eigenvalue weighted by Gasteiger charge is 2.27. The Kier molecular flexibility index (Phi) is 7.82. The molecule has 8 nitrogen and oxygen atoms in total. The van der Waals surface area contributed by atoms with Crippen LogP contribution in [0.15, 0.2) is 36.5 Å². The zero-order chi connectivity index (χ0) is 26.0. The van der Waals surface area contributed by atoms with Gasteiger partial charge in [-0.1, -0.05) is 53.0 Å². The molecule has 0 bridgehead atoms. The predicted molar refractivity (Wildman–Crippen MR) is 134 cm³/mol. The number of hydrogen-bond acceptors (Lipinski definition) is 5. The topological polar surface area (TPSA) is 105 Å². The van der Waals surface area contributed by atoms with E-state index in [0.29, 0.717) is 29.5 Å². The van der Waals surface area contributed by atoms with Gasteiger partial charge in [0, 0.05) is 48.0 Å². The molecule has 3 aromatic rings. The van der Waals surface area contributed by atoms with Gasteiger partial charge in [0.2, 0.25) is 11.8 Å². The van der Waals surface area contributed by atoms with Crippen LogP contribution < -0.4 is 10.1 Å². The molecule has 0 saturated carbocycles. The van der Waals surface area contributed by atoms with Crippen molar-refractivity contribution in [3.05, 3.63) is 63.1 Å². The summed E-state index contributed by atoms with van der Waals surface area (Å²) in [6, 6.07) is 7.59. The second-order valence-electron chi connectivity index (χ2n) is 8.07. The summed E-state index contributed by atoms with van der Waals surface area (Å²) in [4.78, 5) is 32.7. The minimum Gasteiger partial charge on any atom is -0.481 e. The van der Waals surface area contributed by atoms with Crippen molar-refractivity contribution >= 4 is 46.8 Å².